The number of carbonyl (C=O) groups excluding carboxylic acids is 3. The first-order valence-electron chi connectivity index (χ1n) is 8.88. The Morgan fingerprint density at radius 1 is 1.16 bits per heavy atom. The first-order chi connectivity index (χ1) is 14.9. The van der Waals surface area contributed by atoms with Gasteiger partial charge in [-0.25, -0.2) is 4.79 Å². The summed E-state index contributed by atoms with van der Waals surface area (Å²) >= 11 is 9.92. The molecule has 3 heterocycles. The molecule has 0 saturated carbocycles. The van der Waals surface area contributed by atoms with E-state index in [9.17, 15) is 14.4 Å². The van der Waals surface area contributed by atoms with Crippen LogP contribution in [0.4, 0.5) is 4.79 Å². The molecule has 3 aromatic rings. The van der Waals surface area contributed by atoms with Gasteiger partial charge in [0.15, 0.2) is 0 Å². The summed E-state index contributed by atoms with van der Waals surface area (Å²) in [5.74, 6) is -0.678. The van der Waals surface area contributed by atoms with Crippen molar-refractivity contribution in [3.05, 3.63) is 74.9 Å². The van der Waals surface area contributed by atoms with Crippen molar-refractivity contribution in [3.63, 3.8) is 0 Å². The molecule has 1 aromatic carbocycles. The molecule has 158 valence electrons. The van der Waals surface area contributed by atoms with Gasteiger partial charge in [-0.15, -0.1) is 11.3 Å². The Kier molecular flexibility index (Phi) is 6.57. The average molecular weight is 492 g/mol. The molecule has 10 heteroatoms. The smallest absolute Gasteiger partial charge is 0.373 e. The van der Waals surface area contributed by atoms with E-state index in [1.165, 1.54) is 24.5 Å². The summed E-state index contributed by atoms with van der Waals surface area (Å²) in [4.78, 5) is 39.9. The molecule has 0 unspecified atom stereocenters. The maximum absolute atomic E-state index is 12.7. The largest absolute Gasteiger partial charge is 0.463 e. The van der Waals surface area contributed by atoms with Crippen LogP contribution in [-0.4, -0.2) is 29.1 Å². The second kappa shape index (κ2) is 9.35. The molecule has 1 aliphatic rings. The van der Waals surface area contributed by atoms with Crippen LogP contribution in [0.1, 0.15) is 21.2 Å². The minimum Gasteiger partial charge on any atom is -0.463 e. The van der Waals surface area contributed by atoms with Crippen molar-refractivity contribution in [3.8, 4) is 0 Å². The molecule has 1 aliphatic heterocycles. The SMILES string of the molecule is COC(=O)c1ccc(CN2C(=O)S/C(=C/c3ccc(Sc4ccc(Cl)cc4)s3)C2=O)o1. The zero-order chi connectivity index (χ0) is 22.0. The fourth-order valence-electron chi connectivity index (χ4n) is 2.68. The van der Waals surface area contributed by atoms with Gasteiger partial charge in [0.05, 0.1) is 22.8 Å². The standard InChI is InChI=1S/C21H14ClNO5S3/c1-27-20(25)16-8-4-13(28-16)11-23-19(24)17(31-21(23)26)10-15-7-9-18(30-15)29-14-5-2-12(22)3-6-14/h2-10H,11H2,1H3/b17-10+. The number of hydrogen-bond donors (Lipinski definition) is 0. The van der Waals surface area contributed by atoms with Crippen LogP contribution >= 0.6 is 46.5 Å². The van der Waals surface area contributed by atoms with Gasteiger partial charge in [0.25, 0.3) is 11.1 Å². The topological polar surface area (TPSA) is 76.8 Å². The fraction of sp³-hybridized carbons (Fsp3) is 0.0952. The third kappa shape index (κ3) is 5.07. The summed E-state index contributed by atoms with van der Waals surface area (Å²) in [6.45, 7) is -0.0545. The number of nitrogens with zero attached hydrogens (tertiary/aromatic N) is 1. The van der Waals surface area contributed by atoms with Gasteiger partial charge in [-0.05, 0) is 66.4 Å². The van der Waals surface area contributed by atoms with Crippen LogP contribution in [0, 0.1) is 0 Å². The van der Waals surface area contributed by atoms with Crippen LogP contribution in [0.3, 0.4) is 0 Å². The predicted octanol–water partition coefficient (Wildman–Crippen LogP) is 6.17. The maximum Gasteiger partial charge on any atom is 0.373 e. The fourth-order valence-corrected chi connectivity index (χ4v) is 5.78. The van der Waals surface area contributed by atoms with E-state index in [1.807, 2.05) is 36.4 Å². The molecule has 0 bridgehead atoms. The molecule has 2 amide bonds. The monoisotopic (exact) mass is 491 g/mol. The van der Waals surface area contributed by atoms with Crippen LogP contribution in [0.2, 0.25) is 5.02 Å². The highest BCUT2D eigenvalue weighted by Crippen LogP contribution is 2.38. The number of esters is 1. The Bertz CT molecular complexity index is 1180. The first-order valence-corrected chi connectivity index (χ1v) is 11.7. The normalized spacial score (nSPS) is 15.2. The Morgan fingerprint density at radius 3 is 2.68 bits per heavy atom. The van der Waals surface area contributed by atoms with E-state index in [2.05, 4.69) is 4.74 Å². The second-order valence-electron chi connectivity index (χ2n) is 6.24. The summed E-state index contributed by atoms with van der Waals surface area (Å²) in [5.41, 5.74) is 0. The van der Waals surface area contributed by atoms with Crippen molar-refractivity contribution in [2.75, 3.05) is 7.11 Å². The highest BCUT2D eigenvalue weighted by molar-refractivity contribution is 8.18. The number of carbonyl (C=O) groups is 3. The zero-order valence-corrected chi connectivity index (χ0v) is 19.2. The third-order valence-electron chi connectivity index (χ3n) is 4.14. The van der Waals surface area contributed by atoms with Crippen molar-refractivity contribution in [1.82, 2.24) is 4.90 Å². The van der Waals surface area contributed by atoms with Crippen LogP contribution < -0.4 is 0 Å². The molecule has 2 aromatic heterocycles. The Labute approximate surface area is 195 Å². The maximum atomic E-state index is 12.7. The lowest BCUT2D eigenvalue weighted by molar-refractivity contribution is -0.123. The van der Waals surface area contributed by atoms with Gasteiger partial charge in [-0.2, -0.15) is 0 Å². The third-order valence-corrected chi connectivity index (χ3v) is 7.47. The van der Waals surface area contributed by atoms with Crippen LogP contribution in [0.15, 0.2) is 67.0 Å². The number of ether oxygens (including phenoxy) is 1. The lowest BCUT2D eigenvalue weighted by Gasteiger charge is -2.09. The van der Waals surface area contributed by atoms with E-state index in [-0.39, 0.29) is 17.5 Å². The molecule has 31 heavy (non-hydrogen) atoms. The van der Waals surface area contributed by atoms with Gasteiger partial charge in [-0.3, -0.25) is 14.5 Å². The number of imide groups is 1. The molecular formula is C21H14ClNO5S3. The molecule has 0 aliphatic carbocycles. The van der Waals surface area contributed by atoms with Gasteiger partial charge >= 0.3 is 5.97 Å². The minimum atomic E-state index is -0.620. The number of methoxy groups -OCH3 is 1. The van der Waals surface area contributed by atoms with Gasteiger partial charge in [-0.1, -0.05) is 23.4 Å². The van der Waals surface area contributed by atoms with Crippen molar-refractivity contribution >= 4 is 69.7 Å². The Balaban J connectivity index is 1.44. The van der Waals surface area contributed by atoms with E-state index in [0.29, 0.717) is 15.7 Å². The van der Waals surface area contributed by atoms with E-state index in [0.717, 1.165) is 30.6 Å². The summed E-state index contributed by atoms with van der Waals surface area (Å²) < 4.78 is 11.0. The quantitative estimate of drug-likeness (QED) is 0.301. The molecule has 6 nitrogen and oxygen atoms in total. The molecule has 4 rings (SSSR count). The molecule has 1 fully saturated rings. The van der Waals surface area contributed by atoms with E-state index >= 15 is 0 Å². The number of thiophene rings is 1. The summed E-state index contributed by atoms with van der Waals surface area (Å²) in [5, 5.41) is 0.294. The molecular weight excluding hydrogens is 478 g/mol. The number of halogens is 1. The predicted molar refractivity (Wildman–Crippen MR) is 121 cm³/mol. The molecule has 0 spiro atoms. The van der Waals surface area contributed by atoms with Crippen LogP contribution in [-0.2, 0) is 16.1 Å². The number of rotatable bonds is 6. The number of hydrogen-bond acceptors (Lipinski definition) is 8. The highest BCUT2D eigenvalue weighted by Gasteiger charge is 2.35. The summed E-state index contributed by atoms with van der Waals surface area (Å²) in [7, 11) is 1.25. The number of thioether (sulfide) groups is 1. The summed E-state index contributed by atoms with van der Waals surface area (Å²) in [6, 6.07) is 14.4. The van der Waals surface area contributed by atoms with E-state index in [4.69, 9.17) is 16.0 Å². The average Bonchev–Trinajstić information content (AvgIpc) is 3.47. The Hall–Kier alpha value is -2.46. The highest BCUT2D eigenvalue weighted by atomic mass is 35.5. The number of furan rings is 1. The first kappa shape index (κ1) is 21.8. The molecule has 0 radical (unpaired) electrons. The second-order valence-corrected chi connectivity index (χ2v) is 10.2. The lowest BCUT2D eigenvalue weighted by atomic mass is 10.3. The molecule has 0 N–H and O–H groups in total. The van der Waals surface area contributed by atoms with E-state index < -0.39 is 11.9 Å². The molecule has 1 saturated heterocycles. The van der Waals surface area contributed by atoms with Crippen molar-refractivity contribution in [2.45, 2.75) is 15.6 Å². The number of benzene rings is 1. The van der Waals surface area contributed by atoms with Gasteiger partial charge in [0.2, 0.25) is 5.76 Å². The van der Waals surface area contributed by atoms with Crippen molar-refractivity contribution < 1.29 is 23.5 Å². The van der Waals surface area contributed by atoms with Gasteiger partial charge in [0, 0.05) is 14.8 Å². The van der Waals surface area contributed by atoms with Crippen LogP contribution in [0.25, 0.3) is 6.08 Å². The van der Waals surface area contributed by atoms with Gasteiger partial charge < -0.3 is 9.15 Å². The number of amides is 2. The zero-order valence-electron chi connectivity index (χ0n) is 16.0. The van der Waals surface area contributed by atoms with Crippen LogP contribution in [0.5, 0.6) is 0 Å². The van der Waals surface area contributed by atoms with E-state index in [1.54, 1.807) is 23.9 Å². The summed E-state index contributed by atoms with van der Waals surface area (Å²) in [6.07, 6.45) is 1.71. The lowest BCUT2D eigenvalue weighted by Crippen LogP contribution is -2.27. The van der Waals surface area contributed by atoms with Crippen molar-refractivity contribution in [2.24, 2.45) is 0 Å². The molecule has 0 atom stereocenters. The van der Waals surface area contributed by atoms with Crippen molar-refractivity contribution in [1.29, 1.82) is 0 Å². The Morgan fingerprint density at radius 2 is 1.94 bits per heavy atom. The van der Waals surface area contributed by atoms with Gasteiger partial charge in [0.1, 0.15) is 5.76 Å². The minimum absolute atomic E-state index is 0.0179.